The predicted octanol–water partition coefficient (Wildman–Crippen LogP) is 6.16. The lowest BCUT2D eigenvalue weighted by molar-refractivity contribution is -0.139. The van der Waals surface area contributed by atoms with Gasteiger partial charge in [-0.15, -0.1) is 0 Å². The third-order valence-electron chi connectivity index (χ3n) is 6.08. The molecule has 2 atom stereocenters. The molecular formula is C26H53NO4. The fourth-order valence-corrected chi connectivity index (χ4v) is 4.20. The topological polar surface area (TPSA) is 81.0 Å². The zero-order valence-corrected chi connectivity index (χ0v) is 20.7. The van der Waals surface area contributed by atoms with Gasteiger partial charge >= 0.3 is 5.97 Å². The van der Waals surface area contributed by atoms with Crippen molar-refractivity contribution in [2.45, 2.75) is 142 Å². The van der Waals surface area contributed by atoms with Gasteiger partial charge in [-0.1, -0.05) is 117 Å². The zero-order chi connectivity index (χ0) is 23.2. The number of hydrogen-bond donors (Lipinski definition) is 3. The van der Waals surface area contributed by atoms with Gasteiger partial charge in [-0.3, -0.25) is 9.69 Å². The van der Waals surface area contributed by atoms with Crippen LogP contribution in [0.2, 0.25) is 0 Å². The Morgan fingerprint density at radius 3 is 1.26 bits per heavy atom. The summed E-state index contributed by atoms with van der Waals surface area (Å²) in [5.41, 5.74) is 0. The zero-order valence-electron chi connectivity index (χ0n) is 20.7. The monoisotopic (exact) mass is 443 g/mol. The number of nitrogens with zero attached hydrogens (tertiary/aromatic N) is 1. The van der Waals surface area contributed by atoms with Crippen LogP contribution in [0, 0.1) is 0 Å². The quantitative estimate of drug-likeness (QED) is 0.156. The first-order valence-corrected chi connectivity index (χ1v) is 13.3. The summed E-state index contributed by atoms with van der Waals surface area (Å²) in [5.74, 6) is -0.904. The van der Waals surface area contributed by atoms with E-state index in [0.717, 1.165) is 25.7 Å². The minimum Gasteiger partial charge on any atom is -0.480 e. The Hall–Kier alpha value is -0.650. The largest absolute Gasteiger partial charge is 0.480 e. The molecular weight excluding hydrogens is 390 g/mol. The molecule has 0 aromatic rings. The van der Waals surface area contributed by atoms with Gasteiger partial charge in [0, 0.05) is 13.1 Å². The van der Waals surface area contributed by atoms with Crippen LogP contribution >= 0.6 is 0 Å². The summed E-state index contributed by atoms with van der Waals surface area (Å²) in [6, 6.07) is 0. The molecule has 0 amide bonds. The summed E-state index contributed by atoms with van der Waals surface area (Å²) in [4.78, 5) is 12.9. The number of aliphatic carboxylic acids is 1. The standard InChI is InChI=1S/C26H53NO4/c1-3-5-7-9-11-13-15-17-19-24(28)21-27(23-26(30)31)22-25(29)20-18-16-14-12-10-8-6-4-2/h24-25,28-29H,3-23H2,1-2H3,(H,30,31). The molecule has 0 saturated carbocycles. The van der Waals surface area contributed by atoms with E-state index in [-0.39, 0.29) is 6.54 Å². The molecule has 0 heterocycles. The molecule has 0 radical (unpaired) electrons. The summed E-state index contributed by atoms with van der Waals surface area (Å²) >= 11 is 0. The molecule has 5 heteroatoms. The molecule has 0 aromatic heterocycles. The highest BCUT2D eigenvalue weighted by Crippen LogP contribution is 2.13. The van der Waals surface area contributed by atoms with E-state index in [1.807, 2.05) is 0 Å². The van der Waals surface area contributed by atoms with E-state index in [2.05, 4.69) is 13.8 Å². The van der Waals surface area contributed by atoms with E-state index in [9.17, 15) is 20.1 Å². The van der Waals surface area contributed by atoms with Crippen molar-refractivity contribution >= 4 is 5.97 Å². The normalized spacial score (nSPS) is 13.6. The maximum absolute atomic E-state index is 11.2. The van der Waals surface area contributed by atoms with Gasteiger partial charge in [0.2, 0.25) is 0 Å². The Bertz CT molecular complexity index is 364. The van der Waals surface area contributed by atoms with Gasteiger partial charge in [0.25, 0.3) is 0 Å². The molecule has 0 rings (SSSR count). The van der Waals surface area contributed by atoms with Gasteiger partial charge in [0.1, 0.15) is 0 Å². The minimum atomic E-state index is -0.904. The van der Waals surface area contributed by atoms with Gasteiger partial charge in [-0.2, -0.15) is 0 Å². The molecule has 0 aromatic carbocycles. The van der Waals surface area contributed by atoms with Crippen LogP contribution in [0.15, 0.2) is 0 Å². The smallest absolute Gasteiger partial charge is 0.317 e. The van der Waals surface area contributed by atoms with Gasteiger partial charge in [-0.25, -0.2) is 0 Å². The first kappa shape index (κ1) is 30.4. The number of aliphatic hydroxyl groups excluding tert-OH is 2. The summed E-state index contributed by atoms with van der Waals surface area (Å²) < 4.78 is 0. The van der Waals surface area contributed by atoms with E-state index in [1.165, 1.54) is 77.0 Å². The van der Waals surface area contributed by atoms with Crippen LogP contribution in [-0.4, -0.2) is 58.0 Å². The van der Waals surface area contributed by atoms with Crippen LogP contribution in [0.25, 0.3) is 0 Å². The number of carboxylic acids is 1. The average Bonchev–Trinajstić information content (AvgIpc) is 2.71. The molecule has 186 valence electrons. The Kier molecular flexibility index (Phi) is 22.1. The lowest BCUT2D eigenvalue weighted by Gasteiger charge is -2.26. The van der Waals surface area contributed by atoms with Crippen molar-refractivity contribution in [1.82, 2.24) is 4.90 Å². The van der Waals surface area contributed by atoms with Crippen LogP contribution in [0.3, 0.4) is 0 Å². The Balaban J connectivity index is 3.93. The number of unbranched alkanes of at least 4 members (excludes halogenated alkanes) is 14. The first-order valence-electron chi connectivity index (χ1n) is 13.3. The second kappa shape index (κ2) is 22.5. The molecule has 0 spiro atoms. The van der Waals surface area contributed by atoms with Crippen molar-refractivity contribution in [3.63, 3.8) is 0 Å². The molecule has 0 aliphatic heterocycles. The summed E-state index contributed by atoms with van der Waals surface area (Å²) in [5, 5.41) is 29.8. The van der Waals surface area contributed by atoms with Crippen LogP contribution in [-0.2, 0) is 4.79 Å². The third kappa shape index (κ3) is 22.3. The summed E-state index contributed by atoms with van der Waals surface area (Å²) in [7, 11) is 0. The minimum absolute atomic E-state index is 0.122. The van der Waals surface area contributed by atoms with Crippen molar-refractivity contribution in [3.8, 4) is 0 Å². The van der Waals surface area contributed by atoms with Gasteiger partial charge in [0.15, 0.2) is 0 Å². The molecule has 0 bridgehead atoms. The highest BCUT2D eigenvalue weighted by atomic mass is 16.4. The lowest BCUT2D eigenvalue weighted by Crippen LogP contribution is -2.41. The van der Waals surface area contributed by atoms with E-state index >= 15 is 0 Å². The fourth-order valence-electron chi connectivity index (χ4n) is 4.20. The summed E-state index contributed by atoms with van der Waals surface area (Å²) in [6.07, 6.45) is 20.0. The third-order valence-corrected chi connectivity index (χ3v) is 6.08. The van der Waals surface area contributed by atoms with E-state index in [0.29, 0.717) is 25.9 Å². The van der Waals surface area contributed by atoms with Crippen molar-refractivity contribution in [1.29, 1.82) is 0 Å². The fraction of sp³-hybridized carbons (Fsp3) is 0.962. The number of carbonyl (C=O) groups is 1. The highest BCUT2D eigenvalue weighted by molar-refractivity contribution is 5.69. The molecule has 3 N–H and O–H groups in total. The summed E-state index contributed by atoms with van der Waals surface area (Å²) in [6.45, 7) is 4.99. The van der Waals surface area contributed by atoms with Crippen LogP contribution in [0.1, 0.15) is 129 Å². The molecule has 0 saturated heterocycles. The molecule has 31 heavy (non-hydrogen) atoms. The SMILES string of the molecule is CCCCCCCCCCC(O)CN(CC(=O)O)CC(O)CCCCCCCCCC. The van der Waals surface area contributed by atoms with E-state index < -0.39 is 18.2 Å². The van der Waals surface area contributed by atoms with Crippen molar-refractivity contribution in [3.05, 3.63) is 0 Å². The Labute approximate surface area is 192 Å². The van der Waals surface area contributed by atoms with Gasteiger partial charge < -0.3 is 15.3 Å². The molecule has 5 nitrogen and oxygen atoms in total. The van der Waals surface area contributed by atoms with Crippen LogP contribution in [0.5, 0.6) is 0 Å². The highest BCUT2D eigenvalue weighted by Gasteiger charge is 2.18. The predicted molar refractivity (Wildman–Crippen MR) is 131 cm³/mol. The lowest BCUT2D eigenvalue weighted by atomic mass is 10.0. The molecule has 2 unspecified atom stereocenters. The number of aliphatic hydroxyl groups is 2. The van der Waals surface area contributed by atoms with Gasteiger partial charge in [-0.05, 0) is 12.8 Å². The van der Waals surface area contributed by atoms with Crippen molar-refractivity contribution < 1.29 is 20.1 Å². The maximum Gasteiger partial charge on any atom is 0.317 e. The number of carboxylic acid groups (broad SMARTS) is 1. The van der Waals surface area contributed by atoms with E-state index in [4.69, 9.17) is 0 Å². The van der Waals surface area contributed by atoms with Crippen LogP contribution < -0.4 is 0 Å². The maximum atomic E-state index is 11.2. The molecule has 0 aliphatic rings. The number of rotatable bonds is 24. The van der Waals surface area contributed by atoms with Crippen molar-refractivity contribution in [2.24, 2.45) is 0 Å². The van der Waals surface area contributed by atoms with E-state index in [1.54, 1.807) is 4.90 Å². The molecule has 0 fully saturated rings. The second-order valence-electron chi connectivity index (χ2n) is 9.42. The van der Waals surface area contributed by atoms with Crippen molar-refractivity contribution in [2.75, 3.05) is 19.6 Å². The van der Waals surface area contributed by atoms with Crippen LogP contribution in [0.4, 0.5) is 0 Å². The molecule has 0 aliphatic carbocycles. The Morgan fingerprint density at radius 2 is 0.935 bits per heavy atom. The van der Waals surface area contributed by atoms with Gasteiger partial charge in [0.05, 0.1) is 18.8 Å². The average molecular weight is 444 g/mol. The Morgan fingerprint density at radius 1 is 0.613 bits per heavy atom. The number of hydrogen-bond acceptors (Lipinski definition) is 4. The first-order chi connectivity index (χ1) is 15.0. The second-order valence-corrected chi connectivity index (χ2v) is 9.42.